The summed E-state index contributed by atoms with van der Waals surface area (Å²) in [6.45, 7) is 7.38. The molecule has 17 nitrogen and oxygen atoms in total. The number of unbranched alkanes of at least 4 members (excludes halogenated alkanes) is 57. The summed E-state index contributed by atoms with van der Waals surface area (Å²) >= 11 is 0. The molecule has 0 aliphatic rings. The van der Waals surface area contributed by atoms with E-state index in [0.29, 0.717) is 25.7 Å². The standard InChI is InChI=1S/C85H166O17P2/c1-6-9-12-15-18-21-24-27-29-31-33-35-39-44-49-54-59-64-69-83(88)96-75-81(101-84(89)70-65-60-55-50-45-40-36-34-32-30-28-25-22-19-16-13-10-7-2)77-100-104(93,94)98-73-79(86)72-97-103(91,92)99-76-80(74-95-82(87)68-63-58-53-48-43-26-23-20-17-14-11-8-3)102-85(90)71-66-61-56-51-46-41-37-38-42-47-52-57-62-67-78(4)5/h78-81,86H,6-77H2,1-5H3,(H,91,92)(H,93,94)/t79-,80+,81+/m0/s1. The first kappa shape index (κ1) is 102. The molecule has 0 aliphatic heterocycles. The molecule has 19 heteroatoms. The molecular formula is C85H166O17P2. The molecule has 0 aromatic heterocycles. The third kappa shape index (κ3) is 78.2. The highest BCUT2D eigenvalue weighted by Crippen LogP contribution is 2.45. The number of hydrogen-bond acceptors (Lipinski definition) is 15. The van der Waals surface area contributed by atoms with Gasteiger partial charge in [0.1, 0.15) is 19.3 Å². The zero-order valence-electron chi connectivity index (χ0n) is 68.2. The second-order valence-electron chi connectivity index (χ2n) is 31.1. The van der Waals surface area contributed by atoms with Gasteiger partial charge in [0.25, 0.3) is 0 Å². The Morgan fingerprint density at radius 1 is 0.260 bits per heavy atom. The molecule has 618 valence electrons. The van der Waals surface area contributed by atoms with Crippen LogP contribution in [0.25, 0.3) is 0 Å². The van der Waals surface area contributed by atoms with Crippen molar-refractivity contribution >= 4 is 39.5 Å². The third-order valence-electron chi connectivity index (χ3n) is 20.0. The number of carbonyl (C=O) groups is 4. The van der Waals surface area contributed by atoms with E-state index in [4.69, 9.17) is 37.0 Å². The lowest BCUT2D eigenvalue weighted by Gasteiger charge is -2.21. The van der Waals surface area contributed by atoms with E-state index >= 15 is 0 Å². The summed E-state index contributed by atoms with van der Waals surface area (Å²) in [5.41, 5.74) is 0. The van der Waals surface area contributed by atoms with Crippen LogP contribution in [0.4, 0.5) is 0 Å². The van der Waals surface area contributed by atoms with Crippen molar-refractivity contribution in [3.63, 3.8) is 0 Å². The van der Waals surface area contributed by atoms with Crippen LogP contribution in [0.1, 0.15) is 458 Å². The molecule has 0 rings (SSSR count). The van der Waals surface area contributed by atoms with Crippen LogP contribution in [0.15, 0.2) is 0 Å². The number of aliphatic hydroxyl groups is 1. The maximum absolute atomic E-state index is 13.1. The summed E-state index contributed by atoms with van der Waals surface area (Å²) in [6, 6.07) is 0. The Kier molecular flexibility index (Phi) is 76.3. The number of ether oxygens (including phenoxy) is 4. The first-order valence-electron chi connectivity index (χ1n) is 44.1. The van der Waals surface area contributed by atoms with Gasteiger partial charge in [0, 0.05) is 25.7 Å². The number of phosphoric ester groups is 2. The minimum Gasteiger partial charge on any atom is -0.462 e. The Morgan fingerprint density at radius 3 is 0.654 bits per heavy atom. The van der Waals surface area contributed by atoms with Gasteiger partial charge in [-0.15, -0.1) is 0 Å². The zero-order valence-corrected chi connectivity index (χ0v) is 70.0. The van der Waals surface area contributed by atoms with Gasteiger partial charge in [0.2, 0.25) is 0 Å². The molecule has 0 fully saturated rings. The summed E-state index contributed by atoms with van der Waals surface area (Å²) in [6.07, 6.45) is 70.7. The number of rotatable bonds is 85. The smallest absolute Gasteiger partial charge is 0.462 e. The average Bonchev–Trinajstić information content (AvgIpc) is 0.914. The van der Waals surface area contributed by atoms with Gasteiger partial charge < -0.3 is 33.8 Å². The molecule has 104 heavy (non-hydrogen) atoms. The van der Waals surface area contributed by atoms with E-state index < -0.39 is 97.5 Å². The van der Waals surface area contributed by atoms with Gasteiger partial charge in [0.15, 0.2) is 12.2 Å². The Labute approximate surface area is 638 Å². The van der Waals surface area contributed by atoms with E-state index in [1.165, 1.54) is 283 Å². The Bertz CT molecular complexity index is 1980. The molecule has 0 aliphatic carbocycles. The van der Waals surface area contributed by atoms with Crippen molar-refractivity contribution in [2.45, 2.75) is 477 Å². The van der Waals surface area contributed by atoms with Gasteiger partial charge in [-0.25, -0.2) is 9.13 Å². The summed E-state index contributed by atoms with van der Waals surface area (Å²) < 4.78 is 68.9. The van der Waals surface area contributed by atoms with Crippen LogP contribution in [0, 0.1) is 5.92 Å². The molecule has 2 unspecified atom stereocenters. The largest absolute Gasteiger partial charge is 0.472 e. The quantitative estimate of drug-likeness (QED) is 0.0222. The lowest BCUT2D eigenvalue weighted by Crippen LogP contribution is -2.30. The molecule has 0 saturated carbocycles. The second kappa shape index (κ2) is 77.8. The van der Waals surface area contributed by atoms with E-state index in [-0.39, 0.29) is 25.7 Å². The number of aliphatic hydroxyl groups excluding tert-OH is 1. The molecule has 0 radical (unpaired) electrons. The van der Waals surface area contributed by atoms with Crippen LogP contribution < -0.4 is 0 Å². The molecule has 3 N–H and O–H groups in total. The maximum Gasteiger partial charge on any atom is 0.472 e. The van der Waals surface area contributed by atoms with Gasteiger partial charge in [0.05, 0.1) is 26.4 Å². The fourth-order valence-corrected chi connectivity index (χ4v) is 14.9. The molecule has 0 aromatic rings. The summed E-state index contributed by atoms with van der Waals surface area (Å²) in [7, 11) is -9.93. The Morgan fingerprint density at radius 2 is 0.442 bits per heavy atom. The highest BCUT2D eigenvalue weighted by molar-refractivity contribution is 7.47. The Balaban J connectivity index is 5.26. The van der Waals surface area contributed by atoms with Crippen molar-refractivity contribution in [3.8, 4) is 0 Å². The molecule has 0 spiro atoms. The van der Waals surface area contributed by atoms with Crippen LogP contribution in [0.5, 0.6) is 0 Å². The average molecular weight is 1520 g/mol. The second-order valence-corrected chi connectivity index (χ2v) is 34.0. The minimum absolute atomic E-state index is 0.108. The van der Waals surface area contributed by atoms with E-state index in [1.807, 2.05) is 0 Å². The first-order valence-corrected chi connectivity index (χ1v) is 47.1. The van der Waals surface area contributed by atoms with E-state index in [0.717, 1.165) is 95.8 Å². The summed E-state index contributed by atoms with van der Waals surface area (Å²) in [4.78, 5) is 73.2. The summed E-state index contributed by atoms with van der Waals surface area (Å²) in [5.74, 6) is -1.31. The molecule has 0 amide bonds. The predicted octanol–water partition coefficient (Wildman–Crippen LogP) is 26.0. The predicted molar refractivity (Wildman–Crippen MR) is 428 cm³/mol. The zero-order chi connectivity index (χ0) is 76.2. The fraction of sp³-hybridized carbons (Fsp3) is 0.953. The number of hydrogen-bond donors (Lipinski definition) is 3. The monoisotopic (exact) mass is 1520 g/mol. The van der Waals surface area contributed by atoms with Gasteiger partial charge in [-0.1, -0.05) is 407 Å². The van der Waals surface area contributed by atoms with Gasteiger partial charge in [-0.2, -0.15) is 0 Å². The molecule has 0 heterocycles. The number of esters is 4. The van der Waals surface area contributed by atoms with Crippen molar-refractivity contribution in [2.75, 3.05) is 39.6 Å². The van der Waals surface area contributed by atoms with Gasteiger partial charge in [-0.3, -0.25) is 37.3 Å². The fourth-order valence-electron chi connectivity index (χ4n) is 13.3. The lowest BCUT2D eigenvalue weighted by atomic mass is 10.0. The lowest BCUT2D eigenvalue weighted by molar-refractivity contribution is -0.161. The highest BCUT2D eigenvalue weighted by atomic mass is 31.2. The van der Waals surface area contributed by atoms with Crippen LogP contribution in [-0.4, -0.2) is 96.7 Å². The van der Waals surface area contributed by atoms with E-state index in [9.17, 15) is 43.2 Å². The van der Waals surface area contributed by atoms with E-state index in [2.05, 4.69) is 34.6 Å². The molecule has 0 bridgehead atoms. The highest BCUT2D eigenvalue weighted by Gasteiger charge is 2.30. The molecule has 0 saturated heterocycles. The van der Waals surface area contributed by atoms with Crippen LogP contribution in [0.3, 0.4) is 0 Å². The van der Waals surface area contributed by atoms with Crippen LogP contribution in [-0.2, 0) is 65.4 Å². The van der Waals surface area contributed by atoms with Crippen molar-refractivity contribution < 1.29 is 80.2 Å². The third-order valence-corrected chi connectivity index (χ3v) is 21.9. The van der Waals surface area contributed by atoms with E-state index in [1.54, 1.807) is 0 Å². The van der Waals surface area contributed by atoms with Crippen LogP contribution >= 0.6 is 15.6 Å². The van der Waals surface area contributed by atoms with Crippen molar-refractivity contribution in [1.82, 2.24) is 0 Å². The Hall–Kier alpha value is -1.94. The summed E-state index contributed by atoms with van der Waals surface area (Å²) in [5, 5.41) is 10.7. The van der Waals surface area contributed by atoms with Crippen molar-refractivity contribution in [2.24, 2.45) is 5.92 Å². The first-order chi connectivity index (χ1) is 50.5. The van der Waals surface area contributed by atoms with Gasteiger partial charge in [-0.05, 0) is 31.6 Å². The van der Waals surface area contributed by atoms with Crippen molar-refractivity contribution in [1.29, 1.82) is 0 Å². The topological polar surface area (TPSA) is 237 Å². The van der Waals surface area contributed by atoms with Crippen LogP contribution in [0.2, 0.25) is 0 Å². The van der Waals surface area contributed by atoms with Gasteiger partial charge >= 0.3 is 39.5 Å². The molecule has 0 aromatic carbocycles. The SMILES string of the molecule is CCCCCCCCCCCCCCCCCCCCC(=O)OC[C@H](COP(=O)(O)OC[C@@H](O)COP(=O)(O)OC[C@@H](COC(=O)CCCCCCCCCCCCCC)OC(=O)CCCCCCCCCCCCCCCC(C)C)OC(=O)CCCCCCCCCCCCCCCCCCCC. The minimum atomic E-state index is -4.96. The number of carbonyl (C=O) groups excluding carboxylic acids is 4. The number of phosphoric acid groups is 2. The molecule has 5 atom stereocenters. The van der Waals surface area contributed by atoms with Crippen molar-refractivity contribution in [3.05, 3.63) is 0 Å². The normalized spacial score (nSPS) is 13.8. The maximum atomic E-state index is 13.1. The molecular weight excluding hydrogens is 1350 g/mol.